The van der Waals surface area contributed by atoms with Crippen LogP contribution in [0.25, 0.3) is 0 Å². The molecule has 1 heterocycles. The van der Waals surface area contributed by atoms with E-state index in [1.165, 1.54) is 12.1 Å². The minimum atomic E-state index is -0.692. The van der Waals surface area contributed by atoms with Gasteiger partial charge in [-0.1, -0.05) is 38.1 Å². The Bertz CT molecular complexity index is 598. The Kier molecular flexibility index (Phi) is 6.24. The topological polar surface area (TPSA) is 62.4 Å². The van der Waals surface area contributed by atoms with Crippen LogP contribution in [0.5, 0.6) is 0 Å². The lowest BCUT2D eigenvalue weighted by Gasteiger charge is -2.25. The number of hydrogen-bond donors (Lipinski definition) is 1. The number of aromatic nitrogens is 2. The molecule has 0 amide bonds. The van der Waals surface area contributed by atoms with Crippen molar-refractivity contribution in [3.8, 4) is 0 Å². The van der Waals surface area contributed by atoms with E-state index in [1.54, 1.807) is 12.1 Å². The second-order valence-corrected chi connectivity index (χ2v) is 6.11. The lowest BCUT2D eigenvalue weighted by molar-refractivity contribution is 0.0946. The van der Waals surface area contributed by atoms with Crippen LogP contribution in [0.15, 0.2) is 28.8 Å². The molecule has 1 N–H and O–H groups in total. The van der Waals surface area contributed by atoms with Crippen molar-refractivity contribution in [2.75, 3.05) is 13.1 Å². The molecule has 0 aliphatic carbocycles. The minimum absolute atomic E-state index is 0.307. The maximum atomic E-state index is 13.0. The first-order chi connectivity index (χ1) is 11.0. The van der Waals surface area contributed by atoms with Crippen molar-refractivity contribution in [1.29, 1.82) is 0 Å². The summed E-state index contributed by atoms with van der Waals surface area (Å²) < 4.78 is 18.2. The molecule has 1 aromatic heterocycles. The molecule has 23 heavy (non-hydrogen) atoms. The molecule has 0 fully saturated rings. The third-order valence-corrected chi connectivity index (χ3v) is 3.49. The van der Waals surface area contributed by atoms with Crippen molar-refractivity contribution in [2.24, 2.45) is 5.92 Å². The van der Waals surface area contributed by atoms with Gasteiger partial charge in [-0.15, -0.1) is 0 Å². The maximum absolute atomic E-state index is 13.0. The highest BCUT2D eigenvalue weighted by molar-refractivity contribution is 5.18. The Hall–Kier alpha value is -1.79. The monoisotopic (exact) mass is 321 g/mol. The number of aryl methyl sites for hydroxylation is 1. The van der Waals surface area contributed by atoms with Gasteiger partial charge < -0.3 is 9.63 Å². The molecule has 0 bridgehead atoms. The van der Waals surface area contributed by atoms with E-state index in [9.17, 15) is 9.50 Å². The number of halogens is 1. The first-order valence-electron chi connectivity index (χ1n) is 7.95. The van der Waals surface area contributed by atoms with Gasteiger partial charge in [-0.2, -0.15) is 4.98 Å². The maximum Gasteiger partial charge on any atom is 0.240 e. The molecule has 1 atom stereocenters. The van der Waals surface area contributed by atoms with Gasteiger partial charge in [0.2, 0.25) is 5.89 Å². The zero-order valence-electron chi connectivity index (χ0n) is 13.9. The lowest BCUT2D eigenvalue weighted by atomic mass is 10.1. The zero-order valence-corrected chi connectivity index (χ0v) is 13.9. The fraction of sp³-hybridized carbons (Fsp3) is 0.529. The second kappa shape index (κ2) is 8.17. The molecule has 126 valence electrons. The highest BCUT2D eigenvalue weighted by Gasteiger charge is 2.18. The molecule has 0 saturated heterocycles. The smallest absolute Gasteiger partial charge is 0.240 e. The van der Waals surface area contributed by atoms with Gasteiger partial charge in [-0.25, -0.2) is 4.39 Å². The Morgan fingerprint density at radius 1 is 1.22 bits per heavy atom. The molecule has 0 saturated carbocycles. The van der Waals surface area contributed by atoms with Crippen molar-refractivity contribution in [3.05, 3.63) is 47.4 Å². The van der Waals surface area contributed by atoms with Gasteiger partial charge in [-0.05, 0) is 23.6 Å². The summed E-state index contributed by atoms with van der Waals surface area (Å²) in [5.41, 5.74) is 0.694. The molecule has 0 aliphatic rings. The number of aliphatic hydroxyl groups is 1. The molecular weight excluding hydrogens is 297 g/mol. The highest BCUT2D eigenvalue weighted by atomic mass is 19.1. The third-order valence-electron chi connectivity index (χ3n) is 3.49. The fourth-order valence-electron chi connectivity index (χ4n) is 2.44. The number of nitrogens with zero attached hydrogens (tertiary/aromatic N) is 3. The predicted molar refractivity (Wildman–Crippen MR) is 85.2 cm³/mol. The van der Waals surface area contributed by atoms with E-state index in [0.717, 1.165) is 13.0 Å². The minimum Gasteiger partial charge on any atom is -0.387 e. The zero-order chi connectivity index (χ0) is 16.8. The summed E-state index contributed by atoms with van der Waals surface area (Å²) in [6.45, 7) is 7.91. The van der Waals surface area contributed by atoms with Gasteiger partial charge in [-0.3, -0.25) is 4.90 Å². The lowest BCUT2D eigenvalue weighted by Crippen LogP contribution is -2.31. The third kappa shape index (κ3) is 5.41. The van der Waals surface area contributed by atoms with Crippen LogP contribution in [0.1, 0.15) is 44.2 Å². The van der Waals surface area contributed by atoms with E-state index in [4.69, 9.17) is 4.52 Å². The van der Waals surface area contributed by atoms with E-state index in [1.807, 2.05) is 6.92 Å². The Morgan fingerprint density at radius 2 is 1.91 bits per heavy atom. The fourth-order valence-corrected chi connectivity index (χ4v) is 2.44. The van der Waals surface area contributed by atoms with Crippen LogP contribution >= 0.6 is 0 Å². The van der Waals surface area contributed by atoms with Gasteiger partial charge in [0.05, 0.1) is 12.6 Å². The van der Waals surface area contributed by atoms with Crippen LogP contribution in [0.3, 0.4) is 0 Å². The summed E-state index contributed by atoms with van der Waals surface area (Å²) in [6.07, 6.45) is 0.0363. The molecule has 0 aliphatic heterocycles. The van der Waals surface area contributed by atoms with Crippen LogP contribution in [-0.2, 0) is 13.0 Å². The van der Waals surface area contributed by atoms with E-state index in [2.05, 4.69) is 28.9 Å². The van der Waals surface area contributed by atoms with Crippen LogP contribution < -0.4 is 0 Å². The SMILES string of the molecule is CCc1noc(CN(CC(C)C)C[C@@H](O)c2ccc(F)cc2)n1. The summed E-state index contributed by atoms with van der Waals surface area (Å²) in [6, 6.07) is 5.93. The standard InChI is InChI=1S/C17H24FN3O2/c1-4-16-19-17(23-20-16)11-21(9-12(2)3)10-15(22)13-5-7-14(18)8-6-13/h5-8,12,15,22H,4,9-11H2,1-3H3/t15-/m1/s1. The quantitative estimate of drug-likeness (QED) is 0.810. The first-order valence-corrected chi connectivity index (χ1v) is 7.95. The van der Waals surface area contributed by atoms with Crippen LogP contribution in [0.4, 0.5) is 4.39 Å². The van der Waals surface area contributed by atoms with Gasteiger partial charge in [0.25, 0.3) is 0 Å². The largest absolute Gasteiger partial charge is 0.387 e. The van der Waals surface area contributed by atoms with Crippen molar-refractivity contribution in [1.82, 2.24) is 15.0 Å². The average Bonchev–Trinajstić information content (AvgIpc) is 2.94. The van der Waals surface area contributed by atoms with Crippen molar-refractivity contribution in [2.45, 2.75) is 39.8 Å². The van der Waals surface area contributed by atoms with Gasteiger partial charge in [0.15, 0.2) is 5.82 Å². The Balaban J connectivity index is 2.03. The molecule has 1 aromatic carbocycles. The highest BCUT2D eigenvalue weighted by Crippen LogP contribution is 2.17. The number of benzene rings is 1. The van der Waals surface area contributed by atoms with Crippen LogP contribution in [0.2, 0.25) is 0 Å². The van der Waals surface area contributed by atoms with Gasteiger partial charge in [0, 0.05) is 19.5 Å². The molecular formula is C17H24FN3O2. The van der Waals surface area contributed by atoms with Crippen molar-refractivity contribution in [3.63, 3.8) is 0 Å². The summed E-state index contributed by atoms with van der Waals surface area (Å²) in [7, 11) is 0. The average molecular weight is 321 g/mol. The molecule has 2 aromatic rings. The Labute approximate surface area is 136 Å². The van der Waals surface area contributed by atoms with E-state index in [0.29, 0.717) is 36.3 Å². The van der Waals surface area contributed by atoms with Crippen LogP contribution in [-0.4, -0.2) is 33.2 Å². The van der Waals surface area contributed by atoms with Crippen molar-refractivity contribution >= 4 is 0 Å². The van der Waals surface area contributed by atoms with E-state index < -0.39 is 6.10 Å². The number of hydrogen-bond acceptors (Lipinski definition) is 5. The Morgan fingerprint density at radius 3 is 2.48 bits per heavy atom. The normalized spacial score (nSPS) is 13.0. The van der Waals surface area contributed by atoms with Crippen molar-refractivity contribution < 1.29 is 14.0 Å². The summed E-state index contributed by atoms with van der Waals surface area (Å²) >= 11 is 0. The molecule has 6 heteroatoms. The first kappa shape index (κ1) is 17.6. The van der Waals surface area contributed by atoms with Crippen LogP contribution in [0, 0.1) is 11.7 Å². The molecule has 0 spiro atoms. The molecule has 0 radical (unpaired) electrons. The molecule has 0 unspecified atom stereocenters. The summed E-state index contributed by atoms with van der Waals surface area (Å²) in [5.74, 6) is 1.36. The molecule has 5 nitrogen and oxygen atoms in total. The predicted octanol–water partition coefficient (Wildman–Crippen LogP) is 2.96. The van der Waals surface area contributed by atoms with Gasteiger partial charge in [0.1, 0.15) is 5.82 Å². The number of aliphatic hydroxyl groups excluding tert-OH is 1. The van der Waals surface area contributed by atoms with Gasteiger partial charge >= 0.3 is 0 Å². The van der Waals surface area contributed by atoms with E-state index >= 15 is 0 Å². The van der Waals surface area contributed by atoms with E-state index in [-0.39, 0.29) is 5.82 Å². The second-order valence-electron chi connectivity index (χ2n) is 6.11. The molecule has 2 rings (SSSR count). The number of rotatable bonds is 8. The summed E-state index contributed by atoms with van der Waals surface area (Å²) in [5, 5.41) is 14.3. The summed E-state index contributed by atoms with van der Waals surface area (Å²) in [4.78, 5) is 6.39.